The van der Waals surface area contributed by atoms with Gasteiger partial charge in [-0.2, -0.15) is 0 Å². The monoisotopic (exact) mass is 188 g/mol. The Hall–Kier alpha value is -1.37. The van der Waals surface area contributed by atoms with Gasteiger partial charge in [0.2, 0.25) is 0 Å². The molecule has 0 aliphatic heterocycles. The molecule has 0 saturated heterocycles. The molecule has 1 aromatic rings. The Bertz CT molecular complexity index is 330. The highest BCUT2D eigenvalue weighted by molar-refractivity contribution is 5.82. The van der Waals surface area contributed by atoms with Crippen LogP contribution in [-0.2, 0) is 11.2 Å². The summed E-state index contributed by atoms with van der Waals surface area (Å²) in [7, 11) is 0. The Labute approximate surface area is 85.5 Å². The van der Waals surface area contributed by atoms with Crippen molar-refractivity contribution in [3.8, 4) is 0 Å². The lowest BCUT2D eigenvalue weighted by molar-refractivity contribution is -0.117. The SMILES string of the molecule is C=CCC(=O)Cc1c(C)cccc1C. The van der Waals surface area contributed by atoms with Crippen molar-refractivity contribution in [2.75, 3.05) is 0 Å². The molecule has 1 heteroatoms. The number of rotatable bonds is 4. The third-order valence-electron chi connectivity index (χ3n) is 2.39. The van der Waals surface area contributed by atoms with E-state index in [2.05, 4.69) is 6.58 Å². The highest BCUT2D eigenvalue weighted by atomic mass is 16.1. The number of Topliss-reactive ketones (excluding diaryl/α,β-unsaturated/α-hetero) is 1. The third-order valence-corrected chi connectivity index (χ3v) is 2.39. The molecule has 14 heavy (non-hydrogen) atoms. The second kappa shape index (κ2) is 4.75. The largest absolute Gasteiger partial charge is 0.299 e. The molecule has 0 spiro atoms. The zero-order chi connectivity index (χ0) is 10.6. The molecule has 0 unspecified atom stereocenters. The van der Waals surface area contributed by atoms with Crippen LogP contribution in [0.4, 0.5) is 0 Å². The second-order valence-electron chi connectivity index (χ2n) is 3.58. The number of ketones is 1. The van der Waals surface area contributed by atoms with E-state index in [-0.39, 0.29) is 5.78 Å². The summed E-state index contributed by atoms with van der Waals surface area (Å²) in [5.41, 5.74) is 3.56. The van der Waals surface area contributed by atoms with Crippen LogP contribution in [0.5, 0.6) is 0 Å². The second-order valence-corrected chi connectivity index (χ2v) is 3.58. The molecule has 1 nitrogen and oxygen atoms in total. The zero-order valence-corrected chi connectivity index (χ0v) is 8.84. The van der Waals surface area contributed by atoms with Gasteiger partial charge in [-0.1, -0.05) is 24.3 Å². The van der Waals surface area contributed by atoms with E-state index in [0.29, 0.717) is 12.8 Å². The van der Waals surface area contributed by atoms with Crippen molar-refractivity contribution in [2.45, 2.75) is 26.7 Å². The molecule has 0 saturated carbocycles. The molecular weight excluding hydrogens is 172 g/mol. The van der Waals surface area contributed by atoms with Crippen molar-refractivity contribution in [1.82, 2.24) is 0 Å². The van der Waals surface area contributed by atoms with E-state index >= 15 is 0 Å². The third kappa shape index (κ3) is 2.56. The van der Waals surface area contributed by atoms with Crippen molar-refractivity contribution >= 4 is 5.78 Å². The van der Waals surface area contributed by atoms with Gasteiger partial charge in [-0.3, -0.25) is 4.79 Å². The number of allylic oxidation sites excluding steroid dienone is 1. The van der Waals surface area contributed by atoms with Gasteiger partial charge in [-0.05, 0) is 30.5 Å². The molecule has 0 bridgehead atoms. The molecule has 1 aromatic carbocycles. The predicted octanol–water partition coefficient (Wildman–Crippen LogP) is 2.99. The lowest BCUT2D eigenvalue weighted by Crippen LogP contribution is -2.04. The van der Waals surface area contributed by atoms with Crippen LogP contribution in [0, 0.1) is 13.8 Å². The van der Waals surface area contributed by atoms with Gasteiger partial charge in [0.1, 0.15) is 5.78 Å². The minimum atomic E-state index is 0.234. The average molecular weight is 188 g/mol. The van der Waals surface area contributed by atoms with Gasteiger partial charge < -0.3 is 0 Å². The molecule has 0 aliphatic rings. The Kier molecular flexibility index (Phi) is 3.63. The van der Waals surface area contributed by atoms with Crippen molar-refractivity contribution in [3.05, 3.63) is 47.5 Å². The van der Waals surface area contributed by atoms with E-state index in [1.165, 1.54) is 16.7 Å². The standard InChI is InChI=1S/C13H16O/c1-4-6-12(14)9-13-10(2)7-5-8-11(13)3/h4-5,7-8H,1,6,9H2,2-3H3. The van der Waals surface area contributed by atoms with Crippen LogP contribution < -0.4 is 0 Å². The van der Waals surface area contributed by atoms with Gasteiger partial charge in [0.05, 0.1) is 0 Å². The van der Waals surface area contributed by atoms with E-state index in [9.17, 15) is 4.79 Å². The molecular formula is C13H16O. The summed E-state index contributed by atoms with van der Waals surface area (Å²) in [5.74, 6) is 0.234. The first-order valence-electron chi connectivity index (χ1n) is 4.83. The van der Waals surface area contributed by atoms with Gasteiger partial charge in [0.15, 0.2) is 0 Å². The van der Waals surface area contributed by atoms with Crippen molar-refractivity contribution < 1.29 is 4.79 Å². The molecule has 1 rings (SSSR count). The number of hydrogen-bond acceptors (Lipinski definition) is 1. The summed E-state index contributed by atoms with van der Waals surface area (Å²) in [6.45, 7) is 7.66. The van der Waals surface area contributed by atoms with Crippen LogP contribution in [0.25, 0.3) is 0 Å². The Balaban J connectivity index is 2.85. The van der Waals surface area contributed by atoms with Crippen LogP contribution in [0.3, 0.4) is 0 Å². The molecule has 74 valence electrons. The molecule has 0 amide bonds. The van der Waals surface area contributed by atoms with Gasteiger partial charge in [-0.25, -0.2) is 0 Å². The van der Waals surface area contributed by atoms with Crippen LogP contribution in [0.15, 0.2) is 30.9 Å². The molecule has 0 fully saturated rings. The average Bonchev–Trinajstić information content (AvgIpc) is 2.12. The minimum absolute atomic E-state index is 0.234. The smallest absolute Gasteiger partial charge is 0.141 e. The normalized spacial score (nSPS) is 9.86. The molecule has 0 atom stereocenters. The van der Waals surface area contributed by atoms with E-state index < -0.39 is 0 Å². The molecule has 0 aromatic heterocycles. The predicted molar refractivity (Wildman–Crippen MR) is 59.4 cm³/mol. The molecule has 0 N–H and O–H groups in total. The Morgan fingerprint density at radius 2 is 1.93 bits per heavy atom. The van der Waals surface area contributed by atoms with Crippen molar-refractivity contribution in [2.24, 2.45) is 0 Å². The van der Waals surface area contributed by atoms with Gasteiger partial charge in [0, 0.05) is 12.8 Å². The van der Waals surface area contributed by atoms with Crippen LogP contribution >= 0.6 is 0 Å². The number of carbonyl (C=O) groups is 1. The number of benzene rings is 1. The van der Waals surface area contributed by atoms with Crippen LogP contribution in [0.1, 0.15) is 23.1 Å². The quantitative estimate of drug-likeness (QED) is 0.664. The van der Waals surface area contributed by atoms with Crippen molar-refractivity contribution in [3.63, 3.8) is 0 Å². The fourth-order valence-corrected chi connectivity index (χ4v) is 1.56. The topological polar surface area (TPSA) is 17.1 Å². The van der Waals surface area contributed by atoms with E-state index in [0.717, 1.165) is 0 Å². The summed E-state index contributed by atoms with van der Waals surface area (Å²) in [6.07, 6.45) is 2.66. The van der Waals surface area contributed by atoms with E-state index in [1.807, 2.05) is 32.0 Å². The maximum atomic E-state index is 11.4. The van der Waals surface area contributed by atoms with Gasteiger partial charge in [-0.15, -0.1) is 6.58 Å². The number of hydrogen-bond donors (Lipinski definition) is 0. The summed E-state index contributed by atoms with van der Waals surface area (Å²) in [5, 5.41) is 0. The summed E-state index contributed by atoms with van der Waals surface area (Å²) in [6, 6.07) is 6.11. The number of aryl methyl sites for hydroxylation is 2. The van der Waals surface area contributed by atoms with E-state index in [4.69, 9.17) is 0 Å². The molecule has 0 aliphatic carbocycles. The van der Waals surface area contributed by atoms with Crippen molar-refractivity contribution in [1.29, 1.82) is 0 Å². The molecule has 0 heterocycles. The first-order chi connectivity index (χ1) is 6.65. The zero-order valence-electron chi connectivity index (χ0n) is 8.84. The number of carbonyl (C=O) groups excluding carboxylic acids is 1. The summed E-state index contributed by atoms with van der Waals surface area (Å²) < 4.78 is 0. The summed E-state index contributed by atoms with van der Waals surface area (Å²) in [4.78, 5) is 11.4. The minimum Gasteiger partial charge on any atom is -0.299 e. The van der Waals surface area contributed by atoms with E-state index in [1.54, 1.807) is 6.08 Å². The maximum absolute atomic E-state index is 11.4. The first kappa shape index (κ1) is 10.7. The van der Waals surface area contributed by atoms with Crippen LogP contribution in [0.2, 0.25) is 0 Å². The first-order valence-corrected chi connectivity index (χ1v) is 4.83. The maximum Gasteiger partial charge on any atom is 0.141 e. The summed E-state index contributed by atoms with van der Waals surface area (Å²) >= 11 is 0. The highest BCUT2D eigenvalue weighted by Gasteiger charge is 2.06. The lowest BCUT2D eigenvalue weighted by Gasteiger charge is -2.07. The fourth-order valence-electron chi connectivity index (χ4n) is 1.56. The Morgan fingerprint density at radius 1 is 1.36 bits per heavy atom. The Morgan fingerprint density at radius 3 is 2.43 bits per heavy atom. The highest BCUT2D eigenvalue weighted by Crippen LogP contribution is 2.14. The lowest BCUT2D eigenvalue weighted by atomic mass is 9.97. The fraction of sp³-hybridized carbons (Fsp3) is 0.308. The van der Waals surface area contributed by atoms with Gasteiger partial charge in [0.25, 0.3) is 0 Å². The van der Waals surface area contributed by atoms with Gasteiger partial charge >= 0.3 is 0 Å². The molecule has 0 radical (unpaired) electrons. The van der Waals surface area contributed by atoms with Crippen LogP contribution in [-0.4, -0.2) is 5.78 Å².